The van der Waals surface area contributed by atoms with Crippen molar-refractivity contribution in [1.82, 2.24) is 4.90 Å². The molecule has 0 rings (SSSR count). The van der Waals surface area contributed by atoms with Crippen LogP contribution < -0.4 is 5.73 Å². The minimum atomic E-state index is 0.645. The first-order valence-electron chi connectivity index (χ1n) is 6.45. The molecule has 15 heavy (non-hydrogen) atoms. The van der Waals surface area contributed by atoms with Gasteiger partial charge in [0.05, 0.1) is 0 Å². The van der Waals surface area contributed by atoms with Crippen LogP contribution >= 0.6 is 0 Å². The van der Waals surface area contributed by atoms with Crippen molar-refractivity contribution in [2.75, 3.05) is 19.6 Å². The zero-order chi connectivity index (χ0) is 11.8. The average Bonchev–Trinajstić information content (AvgIpc) is 2.14. The van der Waals surface area contributed by atoms with Gasteiger partial charge in [-0.15, -0.1) is 0 Å². The molecule has 0 aliphatic carbocycles. The summed E-state index contributed by atoms with van der Waals surface area (Å²) in [5, 5.41) is 0. The van der Waals surface area contributed by atoms with E-state index >= 15 is 0 Å². The van der Waals surface area contributed by atoms with Gasteiger partial charge in [-0.2, -0.15) is 0 Å². The fraction of sp³-hybridized carbons (Fsp3) is 1.00. The van der Waals surface area contributed by atoms with Crippen LogP contribution in [0.3, 0.4) is 0 Å². The predicted octanol–water partition coefficient (Wildman–Crippen LogP) is 2.73. The van der Waals surface area contributed by atoms with Crippen LogP contribution in [0.5, 0.6) is 0 Å². The summed E-state index contributed by atoms with van der Waals surface area (Å²) in [4.78, 5) is 2.56. The standard InChI is InChI=1S/C13H30N2/c1-6-7-15(12(4)5)10-13(9-14)8-11(2)3/h11-13H,6-10,14H2,1-5H3. The number of nitrogens with two attached hydrogens (primary N) is 1. The van der Waals surface area contributed by atoms with Crippen molar-refractivity contribution in [1.29, 1.82) is 0 Å². The number of hydrogen-bond donors (Lipinski definition) is 1. The van der Waals surface area contributed by atoms with E-state index in [1.54, 1.807) is 0 Å². The molecule has 0 saturated carbocycles. The summed E-state index contributed by atoms with van der Waals surface area (Å²) in [5.74, 6) is 1.42. The third-order valence-corrected chi connectivity index (χ3v) is 2.87. The maximum atomic E-state index is 5.84. The van der Waals surface area contributed by atoms with Gasteiger partial charge in [0, 0.05) is 12.6 Å². The summed E-state index contributed by atoms with van der Waals surface area (Å²) in [6, 6.07) is 0.645. The van der Waals surface area contributed by atoms with Crippen LogP contribution in [0.4, 0.5) is 0 Å². The maximum absolute atomic E-state index is 5.84. The van der Waals surface area contributed by atoms with E-state index in [-0.39, 0.29) is 0 Å². The molecule has 1 unspecified atom stereocenters. The normalized spacial score (nSPS) is 14.2. The highest BCUT2D eigenvalue weighted by Crippen LogP contribution is 2.14. The Hall–Kier alpha value is -0.0800. The van der Waals surface area contributed by atoms with E-state index in [9.17, 15) is 0 Å². The van der Waals surface area contributed by atoms with Gasteiger partial charge in [-0.1, -0.05) is 20.8 Å². The lowest BCUT2D eigenvalue weighted by Crippen LogP contribution is -2.38. The summed E-state index contributed by atoms with van der Waals surface area (Å²) in [6.07, 6.45) is 2.49. The topological polar surface area (TPSA) is 29.3 Å². The van der Waals surface area contributed by atoms with Gasteiger partial charge < -0.3 is 10.6 Å². The van der Waals surface area contributed by atoms with Crippen LogP contribution in [0.25, 0.3) is 0 Å². The van der Waals surface area contributed by atoms with Crippen molar-refractivity contribution >= 4 is 0 Å². The lowest BCUT2D eigenvalue weighted by atomic mass is 9.96. The first-order chi connectivity index (χ1) is 7.01. The molecule has 0 spiro atoms. The first-order valence-corrected chi connectivity index (χ1v) is 6.45. The Kier molecular flexibility index (Phi) is 8.07. The van der Waals surface area contributed by atoms with Gasteiger partial charge >= 0.3 is 0 Å². The summed E-state index contributed by atoms with van der Waals surface area (Å²) in [5.41, 5.74) is 5.84. The lowest BCUT2D eigenvalue weighted by Gasteiger charge is -2.30. The van der Waals surface area contributed by atoms with Gasteiger partial charge in [0.2, 0.25) is 0 Å². The van der Waals surface area contributed by atoms with E-state index in [4.69, 9.17) is 5.73 Å². The van der Waals surface area contributed by atoms with E-state index in [0.29, 0.717) is 12.0 Å². The second-order valence-corrected chi connectivity index (χ2v) is 5.32. The van der Waals surface area contributed by atoms with Crippen molar-refractivity contribution in [2.24, 2.45) is 17.6 Å². The Bertz CT molecular complexity index is 143. The zero-order valence-corrected chi connectivity index (χ0v) is 11.3. The average molecular weight is 214 g/mol. The summed E-state index contributed by atoms with van der Waals surface area (Å²) >= 11 is 0. The lowest BCUT2D eigenvalue weighted by molar-refractivity contribution is 0.178. The van der Waals surface area contributed by atoms with Crippen molar-refractivity contribution < 1.29 is 0 Å². The molecule has 2 heteroatoms. The number of hydrogen-bond acceptors (Lipinski definition) is 2. The highest BCUT2D eigenvalue weighted by molar-refractivity contribution is 4.70. The molecule has 0 aliphatic heterocycles. The predicted molar refractivity (Wildman–Crippen MR) is 69.0 cm³/mol. The second kappa shape index (κ2) is 8.12. The first kappa shape index (κ1) is 14.9. The third-order valence-electron chi connectivity index (χ3n) is 2.87. The summed E-state index contributed by atoms with van der Waals surface area (Å²) in [6.45, 7) is 14.6. The monoisotopic (exact) mass is 214 g/mol. The number of rotatable bonds is 8. The van der Waals surface area contributed by atoms with Crippen molar-refractivity contribution in [3.63, 3.8) is 0 Å². The van der Waals surface area contributed by atoms with Crippen LogP contribution in [0, 0.1) is 11.8 Å². The van der Waals surface area contributed by atoms with Crippen molar-refractivity contribution in [2.45, 2.75) is 53.5 Å². The van der Waals surface area contributed by atoms with Crippen LogP contribution in [0.15, 0.2) is 0 Å². The minimum absolute atomic E-state index is 0.645. The molecule has 0 aliphatic rings. The zero-order valence-electron chi connectivity index (χ0n) is 11.3. The molecule has 92 valence electrons. The van der Waals surface area contributed by atoms with E-state index in [2.05, 4.69) is 39.5 Å². The fourth-order valence-corrected chi connectivity index (χ4v) is 2.09. The molecule has 0 saturated heterocycles. The highest BCUT2D eigenvalue weighted by Gasteiger charge is 2.15. The SMILES string of the molecule is CCCN(CC(CN)CC(C)C)C(C)C. The molecule has 1 atom stereocenters. The van der Waals surface area contributed by atoms with Gasteiger partial charge in [0.1, 0.15) is 0 Å². The molecule has 2 nitrogen and oxygen atoms in total. The minimum Gasteiger partial charge on any atom is -0.330 e. The Morgan fingerprint density at radius 1 is 1.13 bits per heavy atom. The summed E-state index contributed by atoms with van der Waals surface area (Å²) in [7, 11) is 0. The van der Waals surface area contributed by atoms with Crippen molar-refractivity contribution in [3.05, 3.63) is 0 Å². The van der Waals surface area contributed by atoms with E-state index in [0.717, 1.165) is 12.5 Å². The summed E-state index contributed by atoms with van der Waals surface area (Å²) < 4.78 is 0. The Morgan fingerprint density at radius 2 is 1.73 bits per heavy atom. The molecule has 2 N–H and O–H groups in total. The molecule has 0 aromatic heterocycles. The van der Waals surface area contributed by atoms with E-state index < -0.39 is 0 Å². The van der Waals surface area contributed by atoms with Crippen LogP contribution in [0.1, 0.15) is 47.5 Å². The largest absolute Gasteiger partial charge is 0.330 e. The van der Waals surface area contributed by atoms with Gasteiger partial charge in [0.15, 0.2) is 0 Å². The highest BCUT2D eigenvalue weighted by atomic mass is 15.1. The van der Waals surface area contributed by atoms with Gasteiger partial charge in [0.25, 0.3) is 0 Å². The second-order valence-electron chi connectivity index (χ2n) is 5.32. The Morgan fingerprint density at radius 3 is 2.07 bits per heavy atom. The van der Waals surface area contributed by atoms with Gasteiger partial charge in [-0.25, -0.2) is 0 Å². The van der Waals surface area contributed by atoms with E-state index in [1.807, 2.05) is 0 Å². The number of nitrogens with zero attached hydrogens (tertiary/aromatic N) is 1. The third kappa shape index (κ3) is 6.91. The molecule has 0 amide bonds. The van der Waals surface area contributed by atoms with Crippen LogP contribution in [-0.2, 0) is 0 Å². The maximum Gasteiger partial charge on any atom is 0.00387 e. The van der Waals surface area contributed by atoms with Crippen LogP contribution in [0.2, 0.25) is 0 Å². The molecule has 0 heterocycles. The quantitative estimate of drug-likeness (QED) is 0.673. The van der Waals surface area contributed by atoms with Crippen LogP contribution in [-0.4, -0.2) is 30.6 Å². The Balaban J connectivity index is 4.09. The molecule has 0 aromatic carbocycles. The molecule has 0 radical (unpaired) electrons. The smallest absolute Gasteiger partial charge is 0.00387 e. The van der Waals surface area contributed by atoms with Gasteiger partial charge in [-0.3, -0.25) is 0 Å². The van der Waals surface area contributed by atoms with Crippen molar-refractivity contribution in [3.8, 4) is 0 Å². The molecular formula is C13H30N2. The fourth-order valence-electron chi connectivity index (χ4n) is 2.09. The Labute approximate surface area is 96.2 Å². The van der Waals surface area contributed by atoms with E-state index in [1.165, 1.54) is 25.9 Å². The molecule has 0 aromatic rings. The van der Waals surface area contributed by atoms with Gasteiger partial charge in [-0.05, 0) is 51.6 Å². The molecular weight excluding hydrogens is 184 g/mol. The molecule has 0 fully saturated rings. The molecule has 0 bridgehead atoms.